The van der Waals surface area contributed by atoms with Crippen LogP contribution >= 0.6 is 0 Å². The Morgan fingerprint density at radius 2 is 1.92 bits per heavy atom. The topological polar surface area (TPSA) is 60.4 Å². The quantitative estimate of drug-likeness (QED) is 0.408. The van der Waals surface area contributed by atoms with Crippen molar-refractivity contribution in [3.63, 3.8) is 0 Å². The zero-order valence-corrected chi connectivity index (χ0v) is 16.4. The number of allylic oxidation sites excluding steroid dienone is 6. The predicted molar refractivity (Wildman–Crippen MR) is 101 cm³/mol. The maximum absolute atomic E-state index is 12.5. The Kier molecular flexibility index (Phi) is 6.74. The van der Waals surface area contributed by atoms with Crippen molar-refractivity contribution >= 4 is 18.0 Å². The molecule has 0 bridgehead atoms. The number of hydrogen-bond acceptors (Lipinski definition) is 4. The van der Waals surface area contributed by atoms with Crippen LogP contribution in [0.4, 0.5) is 0 Å². The number of aldehydes is 1. The van der Waals surface area contributed by atoms with Crippen LogP contribution in [0, 0.1) is 29.6 Å². The summed E-state index contributed by atoms with van der Waals surface area (Å²) in [4.78, 5) is 35.9. The fourth-order valence-corrected chi connectivity index (χ4v) is 4.49. The van der Waals surface area contributed by atoms with Gasteiger partial charge in [0.15, 0.2) is 5.78 Å². The van der Waals surface area contributed by atoms with Gasteiger partial charge in [0.2, 0.25) is 0 Å². The van der Waals surface area contributed by atoms with Crippen molar-refractivity contribution in [3.8, 4) is 0 Å². The summed E-state index contributed by atoms with van der Waals surface area (Å²) in [6.45, 7) is 9.57. The molecule has 0 N–H and O–H groups in total. The molecule has 0 radical (unpaired) electrons. The highest BCUT2D eigenvalue weighted by atomic mass is 16.5. The number of carbonyl (C=O) groups excluding carboxylic acids is 3. The first-order chi connectivity index (χ1) is 12.3. The van der Waals surface area contributed by atoms with Gasteiger partial charge in [0.1, 0.15) is 12.4 Å². The number of rotatable bonds is 6. The van der Waals surface area contributed by atoms with E-state index in [-0.39, 0.29) is 35.4 Å². The summed E-state index contributed by atoms with van der Waals surface area (Å²) in [5.74, 6) is -0.918. The van der Waals surface area contributed by atoms with Crippen molar-refractivity contribution in [1.82, 2.24) is 0 Å². The van der Waals surface area contributed by atoms with Gasteiger partial charge >= 0.3 is 5.97 Å². The third kappa shape index (κ3) is 4.40. The van der Waals surface area contributed by atoms with Crippen LogP contribution in [0.5, 0.6) is 0 Å². The van der Waals surface area contributed by atoms with Crippen LogP contribution < -0.4 is 0 Å². The van der Waals surface area contributed by atoms with E-state index in [1.165, 1.54) is 18.1 Å². The Balaban J connectivity index is 2.35. The number of carbonyl (C=O) groups is 3. The molecule has 0 saturated heterocycles. The van der Waals surface area contributed by atoms with Gasteiger partial charge in [-0.1, -0.05) is 36.3 Å². The number of ether oxygens (including phenoxy) is 1. The lowest BCUT2D eigenvalue weighted by Gasteiger charge is -2.30. The summed E-state index contributed by atoms with van der Waals surface area (Å²) < 4.78 is 5.46. The molecule has 2 aliphatic rings. The van der Waals surface area contributed by atoms with Gasteiger partial charge < -0.3 is 9.53 Å². The number of hydrogen-bond donors (Lipinski definition) is 0. The fourth-order valence-electron chi connectivity index (χ4n) is 4.49. The Labute approximate surface area is 156 Å². The second-order valence-electron chi connectivity index (χ2n) is 7.89. The van der Waals surface area contributed by atoms with E-state index in [9.17, 15) is 14.4 Å². The molecule has 6 atom stereocenters. The van der Waals surface area contributed by atoms with E-state index in [4.69, 9.17) is 4.74 Å². The minimum Gasteiger partial charge on any atom is -0.462 e. The molecule has 0 aliphatic heterocycles. The Bertz CT molecular complexity index is 651. The lowest BCUT2D eigenvalue weighted by Crippen LogP contribution is -2.35. The SMILES string of the molecule is CC(=O)OC1CC(C(C)=CCC=C(C)C)C(C2C(=O)C=CC2C)C1C=O. The molecule has 0 heterocycles. The summed E-state index contributed by atoms with van der Waals surface area (Å²) in [7, 11) is 0. The molecule has 6 unspecified atom stereocenters. The second-order valence-corrected chi connectivity index (χ2v) is 7.89. The van der Waals surface area contributed by atoms with Crippen LogP contribution in [0.3, 0.4) is 0 Å². The van der Waals surface area contributed by atoms with Crippen LogP contribution in [0.15, 0.2) is 35.5 Å². The van der Waals surface area contributed by atoms with E-state index >= 15 is 0 Å². The van der Waals surface area contributed by atoms with Crippen molar-refractivity contribution in [2.75, 3.05) is 0 Å². The standard InChI is InChI=1S/C22H30O4/c1-13(2)7-6-8-14(3)17-11-20(26-16(5)24)18(12-23)22(17)21-15(4)9-10-19(21)25/h7-10,12,15,17-18,20-22H,6,11H2,1-5H3. The molecule has 0 aromatic heterocycles. The van der Waals surface area contributed by atoms with Crippen molar-refractivity contribution in [2.24, 2.45) is 29.6 Å². The summed E-state index contributed by atoms with van der Waals surface area (Å²) >= 11 is 0. The van der Waals surface area contributed by atoms with E-state index in [0.717, 1.165) is 12.7 Å². The van der Waals surface area contributed by atoms with Gasteiger partial charge in [0.05, 0.1) is 5.92 Å². The van der Waals surface area contributed by atoms with E-state index in [1.54, 1.807) is 6.08 Å². The highest BCUT2D eigenvalue weighted by molar-refractivity contribution is 5.95. The van der Waals surface area contributed by atoms with Crippen LogP contribution in [-0.4, -0.2) is 24.1 Å². The molecule has 4 heteroatoms. The number of ketones is 1. The molecular weight excluding hydrogens is 328 g/mol. The van der Waals surface area contributed by atoms with E-state index in [2.05, 4.69) is 32.9 Å². The Morgan fingerprint density at radius 1 is 1.23 bits per heavy atom. The van der Waals surface area contributed by atoms with Crippen molar-refractivity contribution in [3.05, 3.63) is 35.5 Å². The van der Waals surface area contributed by atoms with Gasteiger partial charge in [-0.05, 0) is 57.4 Å². The Morgan fingerprint density at radius 3 is 2.42 bits per heavy atom. The second kappa shape index (κ2) is 8.61. The molecule has 2 aliphatic carbocycles. The Hall–Kier alpha value is -1.97. The van der Waals surface area contributed by atoms with Crippen LogP contribution in [0.2, 0.25) is 0 Å². The molecule has 142 valence electrons. The molecular formula is C22H30O4. The van der Waals surface area contributed by atoms with Gasteiger partial charge in [0, 0.05) is 12.8 Å². The molecule has 0 aromatic rings. The van der Waals surface area contributed by atoms with E-state index in [1.807, 2.05) is 13.0 Å². The van der Waals surface area contributed by atoms with Crippen molar-refractivity contribution < 1.29 is 19.1 Å². The largest absolute Gasteiger partial charge is 0.462 e. The lowest BCUT2D eigenvalue weighted by atomic mass is 9.72. The van der Waals surface area contributed by atoms with Crippen LogP contribution in [0.1, 0.15) is 47.5 Å². The normalized spacial score (nSPS) is 34.0. The maximum atomic E-state index is 12.5. The smallest absolute Gasteiger partial charge is 0.302 e. The third-order valence-corrected chi connectivity index (χ3v) is 5.72. The first-order valence-corrected chi connectivity index (χ1v) is 9.40. The summed E-state index contributed by atoms with van der Waals surface area (Å²) in [6.07, 6.45) is 9.74. The predicted octanol–water partition coefficient (Wildman–Crippen LogP) is 4.06. The zero-order chi connectivity index (χ0) is 19.4. The molecule has 26 heavy (non-hydrogen) atoms. The van der Waals surface area contributed by atoms with Gasteiger partial charge in [-0.25, -0.2) is 0 Å². The first kappa shape index (κ1) is 20.3. The monoisotopic (exact) mass is 358 g/mol. The van der Waals surface area contributed by atoms with Crippen molar-refractivity contribution in [2.45, 2.75) is 53.6 Å². The maximum Gasteiger partial charge on any atom is 0.302 e. The number of esters is 1. The molecule has 2 rings (SSSR count). The highest BCUT2D eigenvalue weighted by Gasteiger charge is 2.52. The van der Waals surface area contributed by atoms with Crippen LogP contribution in [0.25, 0.3) is 0 Å². The molecule has 0 spiro atoms. The molecule has 4 nitrogen and oxygen atoms in total. The fraction of sp³-hybridized carbons (Fsp3) is 0.591. The van der Waals surface area contributed by atoms with Gasteiger partial charge in [-0.3, -0.25) is 9.59 Å². The third-order valence-electron chi connectivity index (χ3n) is 5.72. The molecule has 1 saturated carbocycles. The summed E-state index contributed by atoms with van der Waals surface area (Å²) in [6, 6.07) is 0. The van der Waals surface area contributed by atoms with Gasteiger partial charge in [-0.15, -0.1) is 0 Å². The van der Waals surface area contributed by atoms with Gasteiger partial charge in [0.25, 0.3) is 0 Å². The molecule has 0 aromatic carbocycles. The molecule has 0 amide bonds. The van der Waals surface area contributed by atoms with E-state index in [0.29, 0.717) is 6.42 Å². The summed E-state index contributed by atoms with van der Waals surface area (Å²) in [5, 5.41) is 0. The van der Waals surface area contributed by atoms with Crippen LogP contribution in [-0.2, 0) is 19.1 Å². The first-order valence-electron chi connectivity index (χ1n) is 9.40. The van der Waals surface area contributed by atoms with Crippen molar-refractivity contribution in [1.29, 1.82) is 0 Å². The minimum absolute atomic E-state index is 0.0661. The zero-order valence-electron chi connectivity index (χ0n) is 16.4. The summed E-state index contributed by atoms with van der Waals surface area (Å²) in [5.41, 5.74) is 2.42. The lowest BCUT2D eigenvalue weighted by molar-refractivity contribution is -0.149. The van der Waals surface area contributed by atoms with E-state index < -0.39 is 12.0 Å². The average molecular weight is 358 g/mol. The van der Waals surface area contributed by atoms with Gasteiger partial charge in [-0.2, -0.15) is 0 Å². The minimum atomic E-state index is -0.451. The average Bonchev–Trinajstić information content (AvgIpc) is 3.05. The highest BCUT2D eigenvalue weighted by Crippen LogP contribution is 2.49. The molecule has 1 fully saturated rings.